The fourth-order valence-electron chi connectivity index (χ4n) is 4.37. The number of nitrogens with zero attached hydrogens (tertiary/aromatic N) is 4. The number of hydrogen-bond acceptors (Lipinski definition) is 3. The Kier molecular flexibility index (Phi) is 5.16. The fraction of sp³-hybridized carbons (Fsp3) is 0.435. The number of carbonyl (C=O) groups excluding carboxylic acids is 1. The van der Waals surface area contributed by atoms with Crippen molar-refractivity contribution < 1.29 is 4.79 Å². The van der Waals surface area contributed by atoms with Gasteiger partial charge >= 0.3 is 0 Å². The van der Waals surface area contributed by atoms with Crippen molar-refractivity contribution in [3.05, 3.63) is 47.7 Å². The molecule has 1 aliphatic rings. The van der Waals surface area contributed by atoms with Gasteiger partial charge in [0.1, 0.15) is 0 Å². The minimum Gasteiger partial charge on any atom is -0.339 e. The lowest BCUT2D eigenvalue weighted by Gasteiger charge is -2.27. The Balaban J connectivity index is 1.81. The molecule has 0 aliphatic heterocycles. The van der Waals surface area contributed by atoms with Crippen LogP contribution in [0, 0.1) is 6.92 Å². The number of aryl methyl sites for hydroxylation is 2. The molecule has 5 heteroatoms. The number of carbonyl (C=O) groups is 1. The highest BCUT2D eigenvalue weighted by atomic mass is 16.2. The van der Waals surface area contributed by atoms with Crippen molar-refractivity contribution >= 4 is 16.9 Å². The monoisotopic (exact) mass is 376 g/mol. The van der Waals surface area contributed by atoms with Gasteiger partial charge in [-0.3, -0.25) is 9.48 Å². The molecule has 2 aromatic heterocycles. The Morgan fingerprint density at radius 3 is 2.46 bits per heavy atom. The summed E-state index contributed by atoms with van der Waals surface area (Å²) in [7, 11) is 3.85. The molecule has 1 aromatic carbocycles. The fourth-order valence-corrected chi connectivity index (χ4v) is 4.37. The molecule has 3 aromatic rings. The third-order valence-electron chi connectivity index (χ3n) is 5.96. The topological polar surface area (TPSA) is 51.0 Å². The molecule has 0 N–H and O–H groups in total. The van der Waals surface area contributed by atoms with E-state index >= 15 is 0 Å². The first-order valence-corrected chi connectivity index (χ1v) is 10.2. The number of aromatic nitrogens is 3. The van der Waals surface area contributed by atoms with Gasteiger partial charge in [-0.05, 0) is 25.8 Å². The van der Waals surface area contributed by atoms with Crippen LogP contribution in [0.4, 0.5) is 0 Å². The van der Waals surface area contributed by atoms with E-state index in [0.29, 0.717) is 11.6 Å². The maximum absolute atomic E-state index is 13.6. The molecular weight excluding hydrogens is 348 g/mol. The summed E-state index contributed by atoms with van der Waals surface area (Å²) in [4.78, 5) is 20.4. The maximum Gasteiger partial charge on any atom is 0.254 e. The molecule has 0 bridgehead atoms. The normalized spacial score (nSPS) is 15.5. The van der Waals surface area contributed by atoms with Crippen LogP contribution in [0.1, 0.15) is 54.6 Å². The molecule has 1 aliphatic carbocycles. The molecule has 0 saturated heterocycles. The van der Waals surface area contributed by atoms with Gasteiger partial charge in [-0.2, -0.15) is 5.10 Å². The summed E-state index contributed by atoms with van der Waals surface area (Å²) in [6.45, 7) is 1.95. The zero-order chi connectivity index (χ0) is 19.7. The van der Waals surface area contributed by atoms with Crippen LogP contribution < -0.4 is 0 Å². The van der Waals surface area contributed by atoms with Crippen molar-refractivity contribution in [2.75, 3.05) is 7.05 Å². The van der Waals surface area contributed by atoms with E-state index in [1.807, 2.05) is 62.3 Å². The second-order valence-corrected chi connectivity index (χ2v) is 7.89. The first-order valence-electron chi connectivity index (χ1n) is 10.2. The van der Waals surface area contributed by atoms with Gasteiger partial charge in [0, 0.05) is 25.7 Å². The van der Waals surface area contributed by atoms with Gasteiger partial charge in [0.25, 0.3) is 5.91 Å². The molecule has 0 spiro atoms. The molecule has 28 heavy (non-hydrogen) atoms. The number of benzene rings is 1. The highest BCUT2D eigenvalue weighted by Crippen LogP contribution is 2.29. The lowest BCUT2D eigenvalue weighted by molar-refractivity contribution is 0.0719. The van der Waals surface area contributed by atoms with Crippen molar-refractivity contribution in [1.29, 1.82) is 0 Å². The van der Waals surface area contributed by atoms with Crippen LogP contribution >= 0.6 is 0 Å². The van der Waals surface area contributed by atoms with Crippen molar-refractivity contribution in [1.82, 2.24) is 19.7 Å². The molecular formula is C23H28N4O. The first kappa shape index (κ1) is 18.7. The number of amides is 1. The van der Waals surface area contributed by atoms with Gasteiger partial charge in [0.2, 0.25) is 0 Å². The second-order valence-electron chi connectivity index (χ2n) is 7.89. The Morgan fingerprint density at radius 2 is 1.79 bits per heavy atom. The molecule has 2 heterocycles. The van der Waals surface area contributed by atoms with Crippen LogP contribution in [0.15, 0.2) is 36.4 Å². The summed E-state index contributed by atoms with van der Waals surface area (Å²) in [5.41, 5.74) is 4.14. The molecule has 1 amide bonds. The van der Waals surface area contributed by atoms with Crippen molar-refractivity contribution in [3.8, 4) is 11.3 Å². The van der Waals surface area contributed by atoms with Crippen LogP contribution in [0.5, 0.6) is 0 Å². The van der Waals surface area contributed by atoms with E-state index in [4.69, 9.17) is 4.98 Å². The summed E-state index contributed by atoms with van der Waals surface area (Å²) in [6, 6.07) is 12.3. The SMILES string of the molecule is Cc1nn(C)c2nc(-c3ccccc3)cc(C(=O)N(C)C3CCCCCC3)c12. The minimum atomic E-state index is 0.0765. The maximum atomic E-state index is 13.6. The zero-order valence-electron chi connectivity index (χ0n) is 17.0. The average Bonchev–Trinajstić information content (AvgIpc) is 2.91. The van der Waals surface area contributed by atoms with E-state index < -0.39 is 0 Å². The zero-order valence-corrected chi connectivity index (χ0v) is 17.0. The molecule has 0 radical (unpaired) electrons. The molecule has 4 rings (SSSR count). The number of rotatable bonds is 3. The van der Waals surface area contributed by atoms with Crippen LogP contribution in [-0.4, -0.2) is 38.7 Å². The number of hydrogen-bond donors (Lipinski definition) is 0. The Hall–Kier alpha value is -2.69. The van der Waals surface area contributed by atoms with Gasteiger partial charge in [0.15, 0.2) is 5.65 Å². The summed E-state index contributed by atoms with van der Waals surface area (Å²) in [6.07, 6.45) is 7.14. The van der Waals surface area contributed by atoms with Crippen molar-refractivity contribution in [2.45, 2.75) is 51.5 Å². The highest BCUT2D eigenvalue weighted by molar-refractivity contribution is 6.07. The number of fused-ring (bicyclic) bond motifs is 1. The van der Waals surface area contributed by atoms with Gasteiger partial charge in [0.05, 0.1) is 22.3 Å². The van der Waals surface area contributed by atoms with Crippen LogP contribution in [0.3, 0.4) is 0 Å². The van der Waals surface area contributed by atoms with Gasteiger partial charge in [-0.1, -0.05) is 56.0 Å². The van der Waals surface area contributed by atoms with E-state index in [9.17, 15) is 4.79 Å². The lowest BCUT2D eigenvalue weighted by atomic mass is 10.0. The lowest BCUT2D eigenvalue weighted by Crippen LogP contribution is -2.37. The summed E-state index contributed by atoms with van der Waals surface area (Å²) in [5, 5.41) is 5.41. The predicted octanol–water partition coefficient (Wildman–Crippen LogP) is 4.74. The molecule has 0 atom stereocenters. The van der Waals surface area contributed by atoms with Gasteiger partial charge in [-0.15, -0.1) is 0 Å². The Morgan fingerprint density at radius 1 is 1.11 bits per heavy atom. The third-order valence-corrected chi connectivity index (χ3v) is 5.96. The van der Waals surface area contributed by atoms with Crippen LogP contribution in [-0.2, 0) is 7.05 Å². The average molecular weight is 377 g/mol. The quantitative estimate of drug-likeness (QED) is 0.621. The number of pyridine rings is 1. The third kappa shape index (κ3) is 3.41. The van der Waals surface area contributed by atoms with Gasteiger partial charge < -0.3 is 4.90 Å². The molecule has 0 unspecified atom stereocenters. The largest absolute Gasteiger partial charge is 0.339 e. The molecule has 1 fully saturated rings. The predicted molar refractivity (Wildman–Crippen MR) is 112 cm³/mol. The molecule has 5 nitrogen and oxygen atoms in total. The molecule has 146 valence electrons. The standard InChI is InChI=1S/C23H28N4O/c1-16-21-19(23(28)26(2)18-13-9-4-5-10-14-18)15-20(17-11-7-6-8-12-17)24-22(21)27(3)25-16/h6-8,11-12,15,18H,4-5,9-10,13-14H2,1-3H3. The summed E-state index contributed by atoms with van der Waals surface area (Å²) >= 11 is 0. The van der Waals surface area contributed by atoms with E-state index in [1.54, 1.807) is 4.68 Å². The van der Waals surface area contributed by atoms with Crippen LogP contribution in [0.25, 0.3) is 22.3 Å². The minimum absolute atomic E-state index is 0.0765. The summed E-state index contributed by atoms with van der Waals surface area (Å²) < 4.78 is 1.78. The highest BCUT2D eigenvalue weighted by Gasteiger charge is 2.26. The van der Waals surface area contributed by atoms with E-state index in [-0.39, 0.29) is 5.91 Å². The van der Waals surface area contributed by atoms with Gasteiger partial charge in [-0.25, -0.2) is 4.98 Å². The Labute approximate surface area is 166 Å². The first-order chi connectivity index (χ1) is 13.6. The van der Waals surface area contributed by atoms with Crippen molar-refractivity contribution in [2.24, 2.45) is 7.05 Å². The summed E-state index contributed by atoms with van der Waals surface area (Å²) in [5.74, 6) is 0.0765. The Bertz CT molecular complexity index is 985. The van der Waals surface area contributed by atoms with Crippen molar-refractivity contribution in [3.63, 3.8) is 0 Å². The van der Waals surface area contributed by atoms with E-state index in [1.165, 1.54) is 25.7 Å². The van der Waals surface area contributed by atoms with E-state index in [0.717, 1.165) is 40.8 Å². The smallest absolute Gasteiger partial charge is 0.254 e. The second kappa shape index (κ2) is 7.74. The van der Waals surface area contributed by atoms with Crippen LogP contribution in [0.2, 0.25) is 0 Å². The molecule has 1 saturated carbocycles. The van der Waals surface area contributed by atoms with E-state index in [2.05, 4.69) is 5.10 Å².